The summed E-state index contributed by atoms with van der Waals surface area (Å²) in [6, 6.07) is 13.5. The standard InChI is InChI=1S/C19H20ClFN2O2/c20-23(19(24)18-5-2-10-22-18)12-14-6-8-17(9-7-14)25-13-15-3-1-4-16(21)11-15/h1,3-4,6-9,11,18,22H,2,5,10,12-13H2/t18-/m0/s1. The van der Waals surface area contributed by atoms with Crippen LogP contribution in [0, 0.1) is 5.82 Å². The van der Waals surface area contributed by atoms with Crippen LogP contribution in [0.5, 0.6) is 5.75 Å². The van der Waals surface area contributed by atoms with E-state index in [2.05, 4.69) is 5.32 Å². The topological polar surface area (TPSA) is 41.6 Å². The van der Waals surface area contributed by atoms with Crippen LogP contribution in [0.4, 0.5) is 4.39 Å². The maximum atomic E-state index is 13.1. The lowest BCUT2D eigenvalue weighted by Gasteiger charge is -2.18. The maximum Gasteiger partial charge on any atom is 0.254 e. The lowest BCUT2D eigenvalue weighted by atomic mass is 10.2. The normalized spacial score (nSPS) is 16.6. The van der Waals surface area contributed by atoms with Crippen LogP contribution in [-0.4, -0.2) is 22.9 Å². The number of carbonyl (C=O) groups is 1. The first-order chi connectivity index (χ1) is 12.1. The highest BCUT2D eigenvalue weighted by molar-refractivity contribution is 6.21. The lowest BCUT2D eigenvalue weighted by Crippen LogP contribution is -2.38. The number of halogens is 2. The molecule has 25 heavy (non-hydrogen) atoms. The first kappa shape index (κ1) is 17.7. The van der Waals surface area contributed by atoms with Crippen LogP contribution >= 0.6 is 11.8 Å². The van der Waals surface area contributed by atoms with Crippen molar-refractivity contribution >= 4 is 17.7 Å². The van der Waals surface area contributed by atoms with E-state index in [1.54, 1.807) is 6.07 Å². The van der Waals surface area contributed by atoms with Gasteiger partial charge in [0.1, 0.15) is 18.2 Å². The van der Waals surface area contributed by atoms with Gasteiger partial charge in [-0.25, -0.2) is 8.81 Å². The third-order valence-electron chi connectivity index (χ3n) is 4.14. The summed E-state index contributed by atoms with van der Waals surface area (Å²) in [5, 5.41) is 3.15. The van der Waals surface area contributed by atoms with Gasteiger partial charge in [-0.15, -0.1) is 0 Å². The fourth-order valence-corrected chi connectivity index (χ4v) is 3.04. The van der Waals surface area contributed by atoms with Crippen molar-refractivity contribution < 1.29 is 13.9 Å². The Balaban J connectivity index is 1.52. The van der Waals surface area contributed by atoms with Crippen LogP contribution in [0.15, 0.2) is 48.5 Å². The fraction of sp³-hybridized carbons (Fsp3) is 0.316. The molecule has 0 bridgehead atoms. The molecule has 1 fully saturated rings. The van der Waals surface area contributed by atoms with Crippen molar-refractivity contribution in [1.82, 2.24) is 9.74 Å². The minimum Gasteiger partial charge on any atom is -0.489 e. The lowest BCUT2D eigenvalue weighted by molar-refractivity contribution is -0.128. The van der Waals surface area contributed by atoms with Crippen molar-refractivity contribution in [3.8, 4) is 5.75 Å². The quantitative estimate of drug-likeness (QED) is 0.798. The van der Waals surface area contributed by atoms with Crippen LogP contribution < -0.4 is 10.1 Å². The summed E-state index contributed by atoms with van der Waals surface area (Å²) in [4.78, 5) is 12.2. The van der Waals surface area contributed by atoms with Gasteiger partial charge in [0.15, 0.2) is 0 Å². The zero-order chi connectivity index (χ0) is 17.6. The van der Waals surface area contributed by atoms with Crippen molar-refractivity contribution in [1.29, 1.82) is 0 Å². The average Bonchev–Trinajstić information content (AvgIpc) is 3.15. The molecule has 1 atom stereocenters. The van der Waals surface area contributed by atoms with Crippen LogP contribution in [-0.2, 0) is 17.9 Å². The SMILES string of the molecule is O=C([C@@H]1CCCN1)N(Cl)Cc1ccc(OCc2cccc(F)c2)cc1. The van der Waals surface area contributed by atoms with Crippen LogP contribution in [0.1, 0.15) is 24.0 Å². The summed E-state index contributed by atoms with van der Waals surface area (Å²) >= 11 is 6.12. The minimum absolute atomic E-state index is 0.0920. The van der Waals surface area contributed by atoms with E-state index < -0.39 is 0 Å². The second-order valence-corrected chi connectivity index (χ2v) is 6.48. The molecule has 2 aromatic rings. The Morgan fingerprint density at radius 2 is 2.04 bits per heavy atom. The van der Waals surface area contributed by atoms with Gasteiger partial charge in [-0.1, -0.05) is 24.3 Å². The Bertz CT molecular complexity index is 718. The summed E-state index contributed by atoms with van der Waals surface area (Å²) in [6.45, 7) is 1.49. The summed E-state index contributed by atoms with van der Waals surface area (Å²) in [7, 11) is 0. The van der Waals surface area contributed by atoms with Crippen molar-refractivity contribution in [3.05, 3.63) is 65.5 Å². The van der Waals surface area contributed by atoms with Crippen molar-refractivity contribution in [2.45, 2.75) is 32.0 Å². The van der Waals surface area contributed by atoms with Crippen molar-refractivity contribution in [2.75, 3.05) is 6.54 Å². The molecule has 4 nitrogen and oxygen atoms in total. The van der Waals surface area contributed by atoms with Crippen LogP contribution in [0.2, 0.25) is 0 Å². The van der Waals surface area contributed by atoms with Gasteiger partial charge in [-0.3, -0.25) is 4.79 Å². The molecule has 0 aliphatic carbocycles. The maximum absolute atomic E-state index is 13.1. The molecule has 0 spiro atoms. The second-order valence-electron chi connectivity index (χ2n) is 6.07. The van der Waals surface area contributed by atoms with Crippen LogP contribution in [0.25, 0.3) is 0 Å². The number of rotatable bonds is 6. The summed E-state index contributed by atoms with van der Waals surface area (Å²) in [6.07, 6.45) is 1.83. The highest BCUT2D eigenvalue weighted by Gasteiger charge is 2.26. The van der Waals surface area contributed by atoms with E-state index in [-0.39, 0.29) is 17.8 Å². The number of ether oxygens (including phenoxy) is 1. The molecule has 0 aromatic heterocycles. The molecule has 6 heteroatoms. The number of nitrogens with one attached hydrogen (secondary N) is 1. The molecule has 1 N–H and O–H groups in total. The molecule has 1 heterocycles. The molecule has 1 aliphatic rings. The molecule has 0 radical (unpaired) electrons. The molecule has 2 aromatic carbocycles. The number of benzene rings is 2. The molecule has 1 amide bonds. The van der Waals surface area contributed by atoms with Crippen molar-refractivity contribution in [2.24, 2.45) is 0 Å². The summed E-state index contributed by atoms with van der Waals surface area (Å²) < 4.78 is 20.0. The highest BCUT2D eigenvalue weighted by Crippen LogP contribution is 2.18. The minimum atomic E-state index is -0.278. The van der Waals surface area contributed by atoms with Gasteiger partial charge in [0, 0.05) is 11.8 Å². The average molecular weight is 363 g/mol. The van der Waals surface area contributed by atoms with Crippen molar-refractivity contribution in [3.63, 3.8) is 0 Å². The third kappa shape index (κ3) is 4.94. The molecular formula is C19H20ClFN2O2. The molecule has 0 unspecified atom stereocenters. The van der Waals surface area contributed by atoms with E-state index >= 15 is 0 Å². The Morgan fingerprint density at radius 1 is 1.24 bits per heavy atom. The monoisotopic (exact) mass is 362 g/mol. The zero-order valence-corrected chi connectivity index (χ0v) is 14.5. The molecule has 1 aliphatic heterocycles. The van der Waals surface area contributed by atoms with E-state index in [4.69, 9.17) is 16.5 Å². The van der Waals surface area contributed by atoms with E-state index in [0.29, 0.717) is 18.9 Å². The molecular weight excluding hydrogens is 343 g/mol. The van der Waals surface area contributed by atoms with Gasteiger partial charge in [0.2, 0.25) is 0 Å². The Labute approximate surface area is 151 Å². The number of carbonyl (C=O) groups excluding carboxylic acids is 1. The van der Waals surface area contributed by atoms with E-state index in [1.807, 2.05) is 30.3 Å². The number of nitrogens with zero attached hydrogens (tertiary/aromatic N) is 1. The molecule has 3 rings (SSSR count). The van der Waals surface area contributed by atoms with Crippen LogP contribution in [0.3, 0.4) is 0 Å². The predicted molar refractivity (Wildman–Crippen MR) is 94.6 cm³/mol. The molecule has 132 valence electrons. The smallest absolute Gasteiger partial charge is 0.254 e. The first-order valence-corrected chi connectivity index (χ1v) is 8.62. The van der Waals surface area contributed by atoms with Gasteiger partial charge in [-0.2, -0.15) is 0 Å². The Hall–Kier alpha value is -2.11. The molecule has 1 saturated heterocycles. The Kier molecular flexibility index (Phi) is 5.89. The fourth-order valence-electron chi connectivity index (χ4n) is 2.79. The molecule has 0 saturated carbocycles. The van der Waals surface area contributed by atoms with Gasteiger partial charge >= 0.3 is 0 Å². The number of amides is 1. The largest absolute Gasteiger partial charge is 0.489 e. The zero-order valence-electron chi connectivity index (χ0n) is 13.8. The highest BCUT2D eigenvalue weighted by atomic mass is 35.5. The van der Waals surface area contributed by atoms with E-state index in [9.17, 15) is 9.18 Å². The Morgan fingerprint density at radius 3 is 2.72 bits per heavy atom. The van der Waals surface area contributed by atoms with E-state index in [0.717, 1.165) is 30.5 Å². The van der Waals surface area contributed by atoms with Gasteiger partial charge < -0.3 is 10.1 Å². The second kappa shape index (κ2) is 8.32. The summed E-state index contributed by atoms with van der Waals surface area (Å²) in [5.74, 6) is 0.309. The first-order valence-electron chi connectivity index (χ1n) is 8.28. The van der Waals surface area contributed by atoms with Gasteiger partial charge in [0.25, 0.3) is 5.91 Å². The number of hydrogen-bond donors (Lipinski definition) is 1. The third-order valence-corrected chi connectivity index (χ3v) is 4.42. The summed E-state index contributed by atoms with van der Waals surface area (Å²) in [5.41, 5.74) is 1.69. The predicted octanol–water partition coefficient (Wildman–Crippen LogP) is 3.64. The van der Waals surface area contributed by atoms with Gasteiger partial charge in [-0.05, 0) is 54.8 Å². The van der Waals surface area contributed by atoms with Gasteiger partial charge in [0.05, 0.1) is 12.6 Å². The van der Waals surface area contributed by atoms with E-state index in [1.165, 1.54) is 16.6 Å². The number of hydrogen-bond acceptors (Lipinski definition) is 3.